The van der Waals surface area contributed by atoms with Crippen LogP contribution in [0.1, 0.15) is 52.3 Å². The molecule has 3 aromatic rings. The molecule has 0 heterocycles. The van der Waals surface area contributed by atoms with Crippen LogP contribution in [0.4, 0.5) is 0 Å². The van der Waals surface area contributed by atoms with Crippen LogP contribution in [0, 0.1) is 19.3 Å². The molecular weight excluding hydrogens is 542 g/mol. The van der Waals surface area contributed by atoms with Crippen molar-refractivity contribution in [2.75, 3.05) is 27.2 Å². The van der Waals surface area contributed by atoms with Gasteiger partial charge in [0, 0.05) is 39.3 Å². The van der Waals surface area contributed by atoms with Gasteiger partial charge < -0.3 is 15.5 Å². The molecule has 5 nitrogen and oxygen atoms in total. The lowest BCUT2D eigenvalue weighted by Gasteiger charge is -2.34. The Hall–Kier alpha value is -4.38. The number of benzene rings is 3. The van der Waals surface area contributed by atoms with Crippen LogP contribution in [0.2, 0.25) is 0 Å². The molecule has 1 aliphatic rings. The van der Waals surface area contributed by atoms with Gasteiger partial charge in [0.2, 0.25) is 11.8 Å². The van der Waals surface area contributed by atoms with Gasteiger partial charge in [-0.05, 0) is 80.3 Å². The Kier molecular flexibility index (Phi) is 11.0. The van der Waals surface area contributed by atoms with Crippen LogP contribution in [-0.2, 0) is 35.3 Å². The van der Waals surface area contributed by atoms with Crippen molar-refractivity contribution in [2.24, 2.45) is 5.41 Å². The van der Waals surface area contributed by atoms with Gasteiger partial charge in [0.1, 0.15) is 5.41 Å². The zero-order valence-electron chi connectivity index (χ0n) is 27.0. The van der Waals surface area contributed by atoms with Crippen molar-refractivity contribution in [3.63, 3.8) is 0 Å². The summed E-state index contributed by atoms with van der Waals surface area (Å²) in [4.78, 5) is 30.9. The van der Waals surface area contributed by atoms with Crippen LogP contribution in [0.25, 0.3) is 6.08 Å². The summed E-state index contributed by atoms with van der Waals surface area (Å²) in [7, 11) is 3.90. The largest absolute Gasteiger partial charge is 0.381 e. The lowest BCUT2D eigenvalue weighted by Crippen LogP contribution is -2.54. The fourth-order valence-corrected chi connectivity index (χ4v) is 5.66. The number of fused-ring (bicyclic) bond motifs is 1. The summed E-state index contributed by atoms with van der Waals surface area (Å²) in [5.41, 5.74) is 8.44. The number of nitrogens with one attached hydrogen (secondary N) is 2. The second-order valence-corrected chi connectivity index (χ2v) is 12.4. The number of hydrogen-bond donors (Lipinski definition) is 2. The minimum Gasteiger partial charge on any atom is -0.381 e. The Labute approximate surface area is 263 Å². The van der Waals surface area contributed by atoms with E-state index in [2.05, 4.69) is 110 Å². The van der Waals surface area contributed by atoms with Crippen molar-refractivity contribution >= 4 is 17.9 Å². The second-order valence-electron chi connectivity index (χ2n) is 12.4. The second kappa shape index (κ2) is 14.9. The van der Waals surface area contributed by atoms with Crippen molar-refractivity contribution in [1.82, 2.24) is 15.5 Å². The van der Waals surface area contributed by atoms with E-state index in [1.54, 1.807) is 0 Å². The van der Waals surface area contributed by atoms with Gasteiger partial charge >= 0.3 is 0 Å². The molecule has 230 valence electrons. The number of amides is 2. The molecule has 0 spiro atoms. The molecule has 0 radical (unpaired) electrons. The minimum absolute atomic E-state index is 0.243. The third-order valence-electron chi connectivity index (χ3n) is 8.33. The van der Waals surface area contributed by atoms with E-state index in [0.717, 1.165) is 39.9 Å². The number of carbonyl (C=O) groups excluding carboxylic acids is 2. The van der Waals surface area contributed by atoms with Crippen LogP contribution in [0.3, 0.4) is 0 Å². The van der Waals surface area contributed by atoms with E-state index < -0.39 is 5.41 Å². The van der Waals surface area contributed by atoms with Gasteiger partial charge in [-0.3, -0.25) is 9.59 Å². The maximum Gasteiger partial charge on any atom is 0.236 e. The molecule has 0 unspecified atom stereocenters. The molecule has 0 atom stereocenters. The summed E-state index contributed by atoms with van der Waals surface area (Å²) >= 11 is 0. The van der Waals surface area contributed by atoms with E-state index in [1.165, 1.54) is 16.7 Å². The highest BCUT2D eigenvalue weighted by atomic mass is 16.2. The first-order chi connectivity index (χ1) is 21.1. The molecule has 3 aromatic carbocycles. The molecule has 0 aliphatic heterocycles. The van der Waals surface area contributed by atoms with Gasteiger partial charge in [-0.1, -0.05) is 102 Å². The monoisotopic (exact) mass is 589 g/mol. The summed E-state index contributed by atoms with van der Waals surface area (Å²) in [6, 6.07) is 23.0. The Morgan fingerprint density at radius 1 is 0.841 bits per heavy atom. The average Bonchev–Trinajstić information content (AvgIpc) is 3.46. The van der Waals surface area contributed by atoms with Gasteiger partial charge in [-0.15, -0.1) is 0 Å². The van der Waals surface area contributed by atoms with Crippen LogP contribution in [-0.4, -0.2) is 43.9 Å². The summed E-state index contributed by atoms with van der Waals surface area (Å²) in [6.07, 6.45) is 9.04. The van der Waals surface area contributed by atoms with Crippen LogP contribution in [0.5, 0.6) is 0 Å². The van der Waals surface area contributed by atoms with E-state index in [0.29, 0.717) is 25.9 Å². The molecule has 44 heavy (non-hydrogen) atoms. The SMILES string of the molecule is C=C(C)/C=C(/CC(Cc1ccc2c(c1)C=CC2)(C(=O)NCCc1ccc(C)cc1)C(=O)NCCc1ccc(C)cc1)N(C)C. The molecule has 1 aliphatic carbocycles. The lowest BCUT2D eigenvalue weighted by molar-refractivity contribution is -0.144. The zero-order valence-corrected chi connectivity index (χ0v) is 27.0. The standard InChI is InChI=1S/C39H47N3O2/c1-28(2)24-36(42(5)6)27-39(26-33-18-19-34-8-7-9-35(34)25-33,37(43)40-22-20-31-14-10-29(3)11-15-31)38(44)41-23-21-32-16-12-30(4)13-17-32/h7,9-19,24-25H,1,8,20-23,26-27H2,2-6H3,(H,40,43)(H,41,44)/b36-24-. The van der Waals surface area contributed by atoms with E-state index in [-0.39, 0.29) is 24.7 Å². The Bertz CT molecular complexity index is 1470. The summed E-state index contributed by atoms with van der Waals surface area (Å²) in [5.74, 6) is -0.522. The third-order valence-corrected chi connectivity index (χ3v) is 8.33. The van der Waals surface area contributed by atoms with Crippen LogP contribution < -0.4 is 10.6 Å². The zero-order chi connectivity index (χ0) is 31.7. The third kappa shape index (κ3) is 8.59. The molecule has 5 heteroatoms. The van der Waals surface area contributed by atoms with Crippen molar-refractivity contribution in [1.29, 1.82) is 0 Å². The molecule has 0 saturated carbocycles. The highest BCUT2D eigenvalue weighted by Gasteiger charge is 2.46. The molecule has 0 fully saturated rings. The van der Waals surface area contributed by atoms with E-state index in [1.807, 2.05) is 32.0 Å². The number of allylic oxidation sites excluding steroid dienone is 4. The topological polar surface area (TPSA) is 61.4 Å². The normalized spacial score (nSPS) is 12.5. The van der Waals surface area contributed by atoms with Gasteiger partial charge in [0.05, 0.1) is 0 Å². The Morgan fingerprint density at radius 2 is 1.36 bits per heavy atom. The molecule has 4 rings (SSSR count). The van der Waals surface area contributed by atoms with Gasteiger partial charge in [-0.2, -0.15) is 0 Å². The average molecular weight is 590 g/mol. The lowest BCUT2D eigenvalue weighted by atomic mass is 9.74. The summed E-state index contributed by atoms with van der Waals surface area (Å²) < 4.78 is 0. The fourth-order valence-electron chi connectivity index (χ4n) is 5.66. The molecule has 0 bridgehead atoms. The molecule has 0 saturated heterocycles. The Balaban J connectivity index is 1.67. The smallest absolute Gasteiger partial charge is 0.236 e. The Morgan fingerprint density at radius 3 is 1.86 bits per heavy atom. The quantitative estimate of drug-likeness (QED) is 0.166. The summed E-state index contributed by atoms with van der Waals surface area (Å²) in [6.45, 7) is 11.0. The predicted molar refractivity (Wildman–Crippen MR) is 182 cm³/mol. The first-order valence-corrected chi connectivity index (χ1v) is 15.6. The van der Waals surface area contributed by atoms with Crippen LogP contribution in [0.15, 0.2) is 96.7 Å². The number of carbonyl (C=O) groups is 2. The van der Waals surface area contributed by atoms with Gasteiger partial charge in [0.15, 0.2) is 0 Å². The number of aryl methyl sites for hydroxylation is 2. The van der Waals surface area contributed by atoms with Crippen molar-refractivity contribution in [3.05, 3.63) is 136 Å². The predicted octanol–water partition coefficient (Wildman–Crippen LogP) is 6.53. The van der Waals surface area contributed by atoms with Gasteiger partial charge in [-0.25, -0.2) is 0 Å². The van der Waals surface area contributed by atoms with Crippen molar-refractivity contribution < 1.29 is 9.59 Å². The number of rotatable bonds is 14. The van der Waals surface area contributed by atoms with E-state index >= 15 is 0 Å². The first-order valence-electron chi connectivity index (χ1n) is 15.6. The van der Waals surface area contributed by atoms with E-state index in [4.69, 9.17) is 0 Å². The summed E-state index contributed by atoms with van der Waals surface area (Å²) in [5, 5.41) is 6.34. The number of hydrogen-bond acceptors (Lipinski definition) is 3. The molecule has 2 N–H and O–H groups in total. The molecular formula is C39H47N3O2. The highest BCUT2D eigenvalue weighted by Crippen LogP contribution is 2.35. The fraction of sp³-hybridized carbons (Fsp3) is 0.333. The maximum atomic E-state index is 14.4. The van der Waals surface area contributed by atoms with Crippen molar-refractivity contribution in [3.8, 4) is 0 Å². The van der Waals surface area contributed by atoms with Crippen LogP contribution >= 0.6 is 0 Å². The highest BCUT2D eigenvalue weighted by molar-refractivity contribution is 6.05. The number of nitrogens with zero attached hydrogens (tertiary/aromatic N) is 1. The van der Waals surface area contributed by atoms with Crippen molar-refractivity contribution in [2.45, 2.75) is 52.9 Å². The maximum absolute atomic E-state index is 14.4. The van der Waals surface area contributed by atoms with Gasteiger partial charge in [0.25, 0.3) is 0 Å². The molecule has 2 amide bonds. The van der Waals surface area contributed by atoms with E-state index in [9.17, 15) is 9.59 Å². The first kappa shape index (κ1) is 32.5. The molecule has 0 aromatic heterocycles. The minimum atomic E-state index is -1.37.